The third-order valence-corrected chi connectivity index (χ3v) is 6.78. The third kappa shape index (κ3) is 8.42. The van der Waals surface area contributed by atoms with Crippen molar-refractivity contribution in [3.05, 3.63) is 64.7 Å². The molecule has 2 aromatic rings. The Morgan fingerprint density at radius 3 is 2.53 bits per heavy atom. The molecule has 6 heteroatoms. The van der Waals surface area contributed by atoms with E-state index in [2.05, 4.69) is 29.7 Å². The van der Waals surface area contributed by atoms with Gasteiger partial charge in [-0.15, -0.1) is 0 Å². The van der Waals surface area contributed by atoms with Crippen LogP contribution in [-0.4, -0.2) is 40.4 Å². The van der Waals surface area contributed by atoms with Gasteiger partial charge in [0.2, 0.25) is 5.91 Å². The lowest BCUT2D eigenvalue weighted by Crippen LogP contribution is -2.32. The molecule has 186 valence electrons. The molecule has 1 fully saturated rings. The molecule has 0 spiro atoms. The first-order chi connectivity index (χ1) is 16.4. The maximum Gasteiger partial charge on any atom is 0.224 e. The summed E-state index contributed by atoms with van der Waals surface area (Å²) < 4.78 is 0. The van der Waals surface area contributed by atoms with Crippen LogP contribution in [0.25, 0.3) is 0 Å². The summed E-state index contributed by atoms with van der Waals surface area (Å²) >= 11 is 0. The van der Waals surface area contributed by atoms with Crippen LogP contribution in [0, 0.1) is 5.92 Å². The van der Waals surface area contributed by atoms with E-state index in [0.29, 0.717) is 30.0 Å². The zero-order valence-corrected chi connectivity index (χ0v) is 20.3. The van der Waals surface area contributed by atoms with Crippen LogP contribution in [0.15, 0.2) is 42.5 Å². The highest BCUT2D eigenvalue weighted by Crippen LogP contribution is 2.23. The third-order valence-electron chi connectivity index (χ3n) is 6.78. The zero-order valence-electron chi connectivity index (χ0n) is 20.3. The lowest BCUT2D eigenvalue weighted by atomic mass is 10.00. The fourth-order valence-electron chi connectivity index (χ4n) is 4.74. The Morgan fingerprint density at radius 1 is 1.06 bits per heavy atom. The van der Waals surface area contributed by atoms with Crippen molar-refractivity contribution in [3.63, 3.8) is 0 Å². The Bertz CT molecular complexity index is 909. The minimum absolute atomic E-state index is 0.0257. The Morgan fingerprint density at radius 2 is 1.79 bits per heavy atom. The van der Waals surface area contributed by atoms with Gasteiger partial charge in [-0.3, -0.25) is 4.79 Å². The quantitative estimate of drug-likeness (QED) is 0.323. The van der Waals surface area contributed by atoms with Gasteiger partial charge in [-0.25, -0.2) is 0 Å². The molecule has 0 aromatic heterocycles. The molecule has 5 N–H and O–H groups in total. The fourth-order valence-corrected chi connectivity index (χ4v) is 4.74. The van der Waals surface area contributed by atoms with Crippen molar-refractivity contribution in [1.82, 2.24) is 10.6 Å². The van der Waals surface area contributed by atoms with Gasteiger partial charge < -0.3 is 26.0 Å². The number of hydrogen-bond donors (Lipinski definition) is 5. The molecule has 3 rings (SSSR count). The highest BCUT2D eigenvalue weighted by molar-refractivity contribution is 5.78. The lowest BCUT2D eigenvalue weighted by Gasteiger charge is -2.18. The number of rotatable bonds is 11. The van der Waals surface area contributed by atoms with Crippen molar-refractivity contribution in [1.29, 1.82) is 0 Å². The summed E-state index contributed by atoms with van der Waals surface area (Å²) in [5.74, 6) is 0.737. The fraction of sp³-hybridized carbons (Fsp3) is 0.536. The molecule has 34 heavy (non-hydrogen) atoms. The van der Waals surface area contributed by atoms with Gasteiger partial charge in [-0.1, -0.05) is 56.0 Å². The SMILES string of the molecule is C[C@H](Cc1cccc(CC(=O)NCC2CCCCCC2)c1)NC[C@@H](O)c1ccc(O)c(CO)c1. The highest BCUT2D eigenvalue weighted by atomic mass is 16.3. The minimum atomic E-state index is -0.739. The summed E-state index contributed by atoms with van der Waals surface area (Å²) in [6.07, 6.45) is 8.11. The summed E-state index contributed by atoms with van der Waals surface area (Å²) in [5.41, 5.74) is 3.22. The topological polar surface area (TPSA) is 102 Å². The molecule has 0 bridgehead atoms. The Labute approximate surface area is 203 Å². The Kier molecular flexibility index (Phi) is 10.4. The average molecular weight is 469 g/mol. The number of amides is 1. The van der Waals surface area contributed by atoms with Crippen molar-refractivity contribution in [2.75, 3.05) is 13.1 Å². The highest BCUT2D eigenvalue weighted by Gasteiger charge is 2.15. The summed E-state index contributed by atoms with van der Waals surface area (Å²) in [5, 5.41) is 36.0. The molecule has 0 heterocycles. The first kappa shape index (κ1) is 26.2. The van der Waals surface area contributed by atoms with Crippen LogP contribution in [0.4, 0.5) is 0 Å². The van der Waals surface area contributed by atoms with Gasteiger partial charge in [0, 0.05) is 24.7 Å². The molecule has 1 aliphatic rings. The first-order valence-corrected chi connectivity index (χ1v) is 12.6. The number of aliphatic hydroxyl groups is 2. The maximum absolute atomic E-state index is 12.5. The molecule has 1 amide bonds. The monoisotopic (exact) mass is 468 g/mol. The lowest BCUT2D eigenvalue weighted by molar-refractivity contribution is -0.120. The van der Waals surface area contributed by atoms with Crippen molar-refractivity contribution >= 4 is 5.91 Å². The van der Waals surface area contributed by atoms with E-state index >= 15 is 0 Å². The molecular weight excluding hydrogens is 428 g/mol. The first-order valence-electron chi connectivity index (χ1n) is 12.6. The van der Waals surface area contributed by atoms with E-state index in [9.17, 15) is 20.1 Å². The van der Waals surface area contributed by atoms with Crippen molar-refractivity contribution in [2.24, 2.45) is 5.92 Å². The van der Waals surface area contributed by atoms with Gasteiger partial charge in [0.05, 0.1) is 19.1 Å². The molecule has 2 aromatic carbocycles. The Balaban J connectivity index is 1.44. The maximum atomic E-state index is 12.5. The summed E-state index contributed by atoms with van der Waals surface area (Å²) in [7, 11) is 0. The zero-order chi connectivity index (χ0) is 24.3. The molecule has 2 atom stereocenters. The van der Waals surface area contributed by atoms with Gasteiger partial charge >= 0.3 is 0 Å². The second-order valence-corrected chi connectivity index (χ2v) is 9.73. The summed E-state index contributed by atoms with van der Waals surface area (Å²) in [6.45, 7) is 2.95. The number of nitrogens with one attached hydrogen (secondary N) is 2. The Hall–Kier alpha value is -2.41. The van der Waals surface area contributed by atoms with Crippen molar-refractivity contribution < 1.29 is 20.1 Å². The van der Waals surface area contributed by atoms with E-state index in [1.807, 2.05) is 12.1 Å². The molecule has 1 saturated carbocycles. The van der Waals surface area contributed by atoms with Crippen LogP contribution in [0.3, 0.4) is 0 Å². The summed E-state index contributed by atoms with van der Waals surface area (Å²) in [4.78, 5) is 12.5. The number of benzene rings is 2. The number of hydrogen-bond acceptors (Lipinski definition) is 5. The van der Waals surface area contributed by atoms with Gasteiger partial charge in [0.25, 0.3) is 0 Å². The largest absolute Gasteiger partial charge is 0.508 e. The number of phenols is 1. The number of aromatic hydroxyl groups is 1. The van der Waals surface area contributed by atoms with E-state index in [1.165, 1.54) is 44.6 Å². The van der Waals surface area contributed by atoms with E-state index in [0.717, 1.165) is 24.1 Å². The minimum Gasteiger partial charge on any atom is -0.508 e. The molecular formula is C28H40N2O4. The molecule has 1 aliphatic carbocycles. The summed E-state index contributed by atoms with van der Waals surface area (Å²) in [6, 6.07) is 13.1. The van der Waals surface area contributed by atoms with Crippen LogP contribution in [0.5, 0.6) is 5.75 Å². The molecule has 0 radical (unpaired) electrons. The van der Waals surface area contributed by atoms with Crippen molar-refractivity contribution in [3.8, 4) is 5.75 Å². The molecule has 0 saturated heterocycles. The standard InChI is InChI=1S/C28H40N2O4/c1-20(29-18-27(33)24-11-12-26(32)25(16-24)19-31)13-22-9-6-10-23(14-22)15-28(34)30-17-21-7-4-2-3-5-8-21/h6,9-12,14,16,20-21,27,29,31-33H,2-5,7-8,13,15,17-19H2,1H3,(H,30,34)/t20-,27-/m1/s1. The van der Waals surface area contributed by atoms with Crippen LogP contribution >= 0.6 is 0 Å². The van der Waals surface area contributed by atoms with Gasteiger partial charge in [0.15, 0.2) is 0 Å². The smallest absolute Gasteiger partial charge is 0.224 e. The second kappa shape index (κ2) is 13.5. The van der Waals surface area contributed by atoms with E-state index in [4.69, 9.17) is 0 Å². The van der Waals surface area contributed by atoms with Gasteiger partial charge in [-0.2, -0.15) is 0 Å². The van der Waals surface area contributed by atoms with E-state index < -0.39 is 6.10 Å². The van der Waals surface area contributed by atoms with E-state index in [-0.39, 0.29) is 24.3 Å². The number of carbonyl (C=O) groups excluding carboxylic acids is 1. The van der Waals surface area contributed by atoms with Crippen LogP contribution in [-0.2, 0) is 24.2 Å². The van der Waals surface area contributed by atoms with E-state index in [1.54, 1.807) is 12.1 Å². The normalized spacial score (nSPS) is 16.6. The van der Waals surface area contributed by atoms with Crippen LogP contribution < -0.4 is 10.6 Å². The van der Waals surface area contributed by atoms with Gasteiger partial charge in [0.1, 0.15) is 5.75 Å². The average Bonchev–Trinajstić information content (AvgIpc) is 3.11. The predicted octanol–water partition coefficient (Wildman–Crippen LogP) is 3.77. The van der Waals surface area contributed by atoms with Gasteiger partial charge in [-0.05, 0) is 60.9 Å². The molecule has 0 aliphatic heterocycles. The number of aliphatic hydroxyl groups excluding tert-OH is 2. The van der Waals surface area contributed by atoms with Crippen LogP contribution in [0.2, 0.25) is 0 Å². The van der Waals surface area contributed by atoms with Crippen molar-refractivity contribution in [2.45, 2.75) is 77.0 Å². The van der Waals surface area contributed by atoms with Crippen LogP contribution in [0.1, 0.15) is 73.8 Å². The molecule has 0 unspecified atom stereocenters. The second-order valence-electron chi connectivity index (χ2n) is 9.73. The predicted molar refractivity (Wildman–Crippen MR) is 135 cm³/mol. The number of carbonyl (C=O) groups is 1. The molecule has 6 nitrogen and oxygen atoms in total.